The van der Waals surface area contributed by atoms with Gasteiger partial charge in [0.1, 0.15) is 11.9 Å². The fraction of sp³-hybridized carbons (Fsp3) is 0.444. The van der Waals surface area contributed by atoms with Crippen LogP contribution in [-0.2, 0) is 24.5 Å². The summed E-state index contributed by atoms with van der Waals surface area (Å²) in [4.78, 5) is 45.5. The van der Waals surface area contributed by atoms with Crippen LogP contribution in [0.25, 0.3) is 10.2 Å². The van der Waals surface area contributed by atoms with E-state index in [4.69, 9.17) is 11.6 Å². The van der Waals surface area contributed by atoms with Crippen LogP contribution in [0.1, 0.15) is 20.3 Å². The molecule has 1 heterocycles. The first-order valence-electron chi connectivity index (χ1n) is 10.2. The Labute approximate surface area is 206 Å². The van der Waals surface area contributed by atoms with Crippen molar-refractivity contribution in [3.05, 3.63) is 18.2 Å². The maximum Gasteiger partial charge on any atom is 0.276 e. The number of rotatable bonds is 13. The molecule has 2 rings (SSSR count). The quantitative estimate of drug-likeness (QED) is 0.187. The molecule has 2 aromatic rings. The summed E-state index contributed by atoms with van der Waals surface area (Å²) in [5.74, 6) is 3.38. The maximum absolute atomic E-state index is 12.9. The predicted molar refractivity (Wildman–Crippen MR) is 119 cm³/mol. The van der Waals surface area contributed by atoms with E-state index >= 15 is 0 Å². The van der Waals surface area contributed by atoms with E-state index in [1.165, 1.54) is 25.2 Å². The second-order valence-electron chi connectivity index (χ2n) is 7.81. The van der Waals surface area contributed by atoms with Crippen LogP contribution < -0.4 is 27.0 Å². The summed E-state index contributed by atoms with van der Waals surface area (Å²) in [5, 5.41) is 8.29. The average molecular weight is 539 g/mol. The Balaban J connectivity index is 2.11. The maximum atomic E-state index is 12.9. The van der Waals surface area contributed by atoms with Gasteiger partial charge in [0.15, 0.2) is 5.75 Å². The number of fused-ring (bicyclic) bond motifs is 1. The SMILES string of the molecule is CC(C)C[C@@H](N)C(=O)NCC(=O)N(C)CC(=O)N(N)N(c1nc2ccc(OF)cc2s1)N(OF)OF. The number of halogens is 3. The number of carbonyl (C=O) groups excluding carboxylic acids is 3. The van der Waals surface area contributed by atoms with Crippen molar-refractivity contribution in [3.8, 4) is 5.75 Å². The number of hydrazine groups is 3. The van der Waals surface area contributed by atoms with Crippen LogP contribution in [0.2, 0.25) is 0 Å². The normalized spacial score (nSPS) is 12.1. The first-order chi connectivity index (χ1) is 17.0. The fourth-order valence-corrected chi connectivity index (χ4v) is 3.82. The van der Waals surface area contributed by atoms with E-state index in [0.717, 1.165) is 4.90 Å². The summed E-state index contributed by atoms with van der Waals surface area (Å²) < 4.78 is 38.6. The Morgan fingerprint density at radius 2 is 1.83 bits per heavy atom. The Morgan fingerprint density at radius 1 is 1.17 bits per heavy atom. The number of hydrogen-bond acceptors (Lipinski definition) is 12. The number of aromatic nitrogens is 1. The molecule has 0 radical (unpaired) electrons. The molecule has 0 fully saturated rings. The van der Waals surface area contributed by atoms with Gasteiger partial charge in [0.2, 0.25) is 16.9 Å². The molecule has 200 valence electrons. The van der Waals surface area contributed by atoms with Crippen LogP contribution in [0.3, 0.4) is 0 Å². The topological polar surface area (TPSA) is 169 Å². The summed E-state index contributed by atoms with van der Waals surface area (Å²) >= 11 is 0.702. The predicted octanol–water partition coefficient (Wildman–Crippen LogP) is 0.781. The highest BCUT2D eigenvalue weighted by atomic mass is 32.1. The van der Waals surface area contributed by atoms with Crippen LogP contribution in [0.4, 0.5) is 18.7 Å². The lowest BCUT2D eigenvalue weighted by Gasteiger charge is -2.32. The highest BCUT2D eigenvalue weighted by Crippen LogP contribution is 2.33. The number of nitrogens with two attached hydrogens (primary N) is 2. The summed E-state index contributed by atoms with van der Waals surface area (Å²) in [7, 11) is 1.23. The van der Waals surface area contributed by atoms with E-state index in [0.29, 0.717) is 17.8 Å². The lowest BCUT2D eigenvalue weighted by atomic mass is 10.0. The standard InChI is InChI=1S/C18H25F3N8O6S/c1-10(2)6-12(22)17(32)24-8-15(30)26(3)9-16(31)27(23)28(29(34-20)35-21)18-25-13-5-4-11(33-19)7-14(13)36-18/h4-5,7,10,12H,6,8-9,22-23H2,1-3H3,(H,24,32)/t12-/m1/s1. The molecule has 0 spiro atoms. The van der Waals surface area contributed by atoms with Gasteiger partial charge in [-0.25, -0.2) is 10.8 Å². The van der Waals surface area contributed by atoms with Crippen LogP contribution in [0.15, 0.2) is 18.2 Å². The zero-order valence-corrected chi connectivity index (χ0v) is 20.2. The molecule has 0 bridgehead atoms. The molecule has 3 amide bonds. The van der Waals surface area contributed by atoms with Crippen LogP contribution in [0.5, 0.6) is 5.75 Å². The number of carbonyl (C=O) groups is 3. The number of nitrogens with one attached hydrogen (secondary N) is 1. The number of anilines is 1. The van der Waals surface area contributed by atoms with Gasteiger partial charge >= 0.3 is 0 Å². The number of likely N-dealkylation sites (N-methyl/N-ethyl adjacent to an activating group) is 1. The molecule has 0 aliphatic heterocycles. The minimum absolute atomic E-state index is 0.157. The summed E-state index contributed by atoms with van der Waals surface area (Å²) in [6, 6.07) is 2.97. The molecule has 1 atom stereocenters. The van der Waals surface area contributed by atoms with E-state index < -0.39 is 42.2 Å². The minimum atomic E-state index is -1.08. The number of thiazole rings is 1. The van der Waals surface area contributed by atoms with Gasteiger partial charge < -0.3 is 16.0 Å². The molecule has 5 N–H and O–H groups in total. The summed E-state index contributed by atoms with van der Waals surface area (Å²) in [6.45, 7) is 2.60. The van der Waals surface area contributed by atoms with E-state index in [-0.39, 0.29) is 37.3 Å². The zero-order chi connectivity index (χ0) is 27.0. The molecular formula is C18H25F3N8O6S. The molecular weight excluding hydrogens is 513 g/mol. The van der Waals surface area contributed by atoms with Crippen molar-refractivity contribution >= 4 is 44.4 Å². The molecule has 14 nitrogen and oxygen atoms in total. The fourth-order valence-electron chi connectivity index (χ4n) is 2.85. The second-order valence-corrected chi connectivity index (χ2v) is 8.82. The highest BCUT2D eigenvalue weighted by molar-refractivity contribution is 7.22. The molecule has 36 heavy (non-hydrogen) atoms. The van der Waals surface area contributed by atoms with Gasteiger partial charge in [0.05, 0.1) is 22.8 Å². The highest BCUT2D eigenvalue weighted by Gasteiger charge is 2.33. The van der Waals surface area contributed by atoms with E-state index in [1.807, 2.05) is 13.8 Å². The molecule has 0 aliphatic carbocycles. The van der Waals surface area contributed by atoms with Crippen molar-refractivity contribution in [2.75, 3.05) is 25.3 Å². The minimum Gasteiger partial charge on any atom is -0.346 e. The van der Waals surface area contributed by atoms with Crippen LogP contribution >= 0.6 is 11.3 Å². The van der Waals surface area contributed by atoms with Crippen LogP contribution in [0, 0.1) is 5.92 Å². The van der Waals surface area contributed by atoms with Crippen molar-refractivity contribution in [1.29, 1.82) is 0 Å². The Bertz CT molecular complexity index is 1060. The van der Waals surface area contributed by atoms with Crippen LogP contribution in [-0.4, -0.2) is 64.2 Å². The molecule has 0 unspecified atom stereocenters. The van der Waals surface area contributed by atoms with E-state index in [2.05, 4.69) is 25.3 Å². The van der Waals surface area contributed by atoms with Gasteiger partial charge in [-0.2, -0.15) is 5.12 Å². The Morgan fingerprint density at radius 3 is 2.42 bits per heavy atom. The van der Waals surface area contributed by atoms with E-state index in [1.54, 1.807) is 0 Å². The van der Waals surface area contributed by atoms with E-state index in [9.17, 15) is 28.0 Å². The lowest BCUT2D eigenvalue weighted by Crippen LogP contribution is -2.60. The molecule has 0 aliphatic rings. The number of hydrogen-bond donors (Lipinski definition) is 3. The number of amides is 3. The molecule has 1 aromatic heterocycles. The van der Waals surface area contributed by atoms with Gasteiger partial charge in [-0.15, -0.1) is 5.12 Å². The molecule has 0 saturated carbocycles. The Hall–Kier alpha value is -3.29. The van der Waals surface area contributed by atoms with Crippen molar-refractivity contribution in [2.24, 2.45) is 17.5 Å². The number of benzene rings is 1. The van der Waals surface area contributed by atoms with Crippen molar-refractivity contribution in [1.82, 2.24) is 25.7 Å². The number of nitrogens with zero attached hydrogens (tertiary/aromatic N) is 5. The van der Waals surface area contributed by atoms with Crippen molar-refractivity contribution in [3.63, 3.8) is 0 Å². The largest absolute Gasteiger partial charge is 0.346 e. The first kappa shape index (κ1) is 28.9. The first-order valence-corrected chi connectivity index (χ1v) is 11.1. The molecule has 1 aromatic carbocycles. The average Bonchev–Trinajstić information content (AvgIpc) is 3.26. The van der Waals surface area contributed by atoms with Gasteiger partial charge in [-0.05, 0) is 43.6 Å². The lowest BCUT2D eigenvalue weighted by molar-refractivity contribution is -0.533. The van der Waals surface area contributed by atoms with Crippen molar-refractivity contribution < 1.29 is 43.0 Å². The smallest absolute Gasteiger partial charge is 0.276 e. The van der Waals surface area contributed by atoms with Gasteiger partial charge in [0.25, 0.3) is 5.91 Å². The third kappa shape index (κ3) is 7.35. The van der Waals surface area contributed by atoms with Gasteiger partial charge in [0, 0.05) is 17.6 Å². The molecule has 0 saturated heterocycles. The third-order valence-corrected chi connectivity index (χ3v) is 5.60. The third-order valence-electron chi connectivity index (χ3n) is 4.62. The monoisotopic (exact) mass is 538 g/mol. The summed E-state index contributed by atoms with van der Waals surface area (Å²) in [5.41, 5.74) is 5.97. The summed E-state index contributed by atoms with van der Waals surface area (Å²) in [6.07, 6.45) is 0.407. The zero-order valence-electron chi connectivity index (χ0n) is 19.4. The van der Waals surface area contributed by atoms with Gasteiger partial charge in [-0.3, -0.25) is 19.3 Å². The Kier molecular flexibility index (Phi) is 10.6. The van der Waals surface area contributed by atoms with Gasteiger partial charge in [-0.1, -0.05) is 25.2 Å². The second kappa shape index (κ2) is 13.1. The molecule has 18 heteroatoms. The van der Waals surface area contributed by atoms with Crippen molar-refractivity contribution in [2.45, 2.75) is 26.3 Å².